The molecule has 4 nitrogen and oxygen atoms in total. The molecule has 170 valence electrons. The standard InChI is InChI=1S/C15H15F2IN2.C10H6INO/c16-15(17)5-2-6-20(10-15)9-12-4-1-3-11-7-13(18)8-19-14(11)12;11-9-4-7-2-1-3-8(6-13)10(7)12-5-9/h1,3-4,7-8H,2,5-6,9-10H2;1-6H. The molecular weight excluding hydrogens is 650 g/mol. The third-order valence-electron chi connectivity index (χ3n) is 5.46. The van der Waals surface area contributed by atoms with E-state index in [-0.39, 0.29) is 13.0 Å². The summed E-state index contributed by atoms with van der Waals surface area (Å²) in [5.41, 5.74) is 3.37. The van der Waals surface area contributed by atoms with Gasteiger partial charge < -0.3 is 0 Å². The Kier molecular flexibility index (Phi) is 7.85. The van der Waals surface area contributed by atoms with Crippen molar-refractivity contribution in [3.63, 3.8) is 0 Å². The predicted octanol–water partition coefficient (Wildman–Crippen LogP) is 6.72. The maximum Gasteiger partial charge on any atom is 0.260 e. The van der Waals surface area contributed by atoms with Gasteiger partial charge in [0.25, 0.3) is 5.92 Å². The van der Waals surface area contributed by atoms with Gasteiger partial charge in [0.2, 0.25) is 0 Å². The van der Waals surface area contributed by atoms with Crippen molar-refractivity contribution in [1.82, 2.24) is 14.9 Å². The number of alkyl halides is 2. The number of aldehydes is 1. The van der Waals surface area contributed by atoms with Crippen LogP contribution in [0, 0.1) is 7.14 Å². The molecule has 0 bridgehead atoms. The van der Waals surface area contributed by atoms with Gasteiger partial charge in [0.15, 0.2) is 6.29 Å². The van der Waals surface area contributed by atoms with Gasteiger partial charge in [0.1, 0.15) is 0 Å². The number of hydrogen-bond acceptors (Lipinski definition) is 4. The normalized spacial score (nSPS) is 15.8. The van der Waals surface area contributed by atoms with Gasteiger partial charge in [0.05, 0.1) is 17.6 Å². The number of aromatic nitrogens is 2. The highest BCUT2D eigenvalue weighted by atomic mass is 127. The first-order chi connectivity index (χ1) is 15.8. The number of piperidine rings is 1. The van der Waals surface area contributed by atoms with Crippen molar-refractivity contribution in [2.24, 2.45) is 0 Å². The number of rotatable bonds is 3. The molecule has 1 fully saturated rings. The second kappa shape index (κ2) is 10.6. The Bertz CT molecular complexity index is 1300. The van der Waals surface area contributed by atoms with Crippen LogP contribution in [0.4, 0.5) is 8.78 Å². The second-order valence-electron chi connectivity index (χ2n) is 8.00. The zero-order valence-electron chi connectivity index (χ0n) is 17.6. The van der Waals surface area contributed by atoms with Crippen LogP contribution in [-0.4, -0.2) is 40.2 Å². The summed E-state index contributed by atoms with van der Waals surface area (Å²) in [6.45, 7) is 1.13. The first-order valence-electron chi connectivity index (χ1n) is 10.5. The molecule has 0 spiro atoms. The Balaban J connectivity index is 0.000000172. The third-order valence-corrected chi connectivity index (χ3v) is 6.64. The summed E-state index contributed by atoms with van der Waals surface area (Å²) >= 11 is 4.43. The summed E-state index contributed by atoms with van der Waals surface area (Å²) in [6, 6.07) is 15.6. The van der Waals surface area contributed by atoms with Gasteiger partial charge in [0, 0.05) is 48.8 Å². The number of fused-ring (bicyclic) bond motifs is 2. The zero-order valence-corrected chi connectivity index (χ0v) is 22.0. The Labute approximate surface area is 218 Å². The quantitative estimate of drug-likeness (QED) is 0.179. The minimum absolute atomic E-state index is 0.00941. The van der Waals surface area contributed by atoms with Crippen LogP contribution in [0.15, 0.2) is 60.9 Å². The molecule has 4 aromatic rings. The Morgan fingerprint density at radius 2 is 1.61 bits per heavy atom. The summed E-state index contributed by atoms with van der Waals surface area (Å²) in [6.07, 6.45) is 4.98. The van der Waals surface area contributed by atoms with Gasteiger partial charge in [-0.25, -0.2) is 8.78 Å². The first-order valence-corrected chi connectivity index (χ1v) is 12.6. The lowest BCUT2D eigenvalue weighted by molar-refractivity contribution is -0.0660. The van der Waals surface area contributed by atoms with Crippen molar-refractivity contribution < 1.29 is 13.6 Å². The number of carbonyl (C=O) groups excluding carboxylic acids is 1. The minimum Gasteiger partial charge on any atom is -0.298 e. The van der Waals surface area contributed by atoms with Crippen LogP contribution in [0.3, 0.4) is 0 Å². The van der Waals surface area contributed by atoms with E-state index in [0.29, 0.717) is 18.5 Å². The highest BCUT2D eigenvalue weighted by Crippen LogP contribution is 2.28. The van der Waals surface area contributed by atoms with Gasteiger partial charge in [-0.3, -0.25) is 19.7 Å². The van der Waals surface area contributed by atoms with Gasteiger partial charge in [-0.1, -0.05) is 30.3 Å². The number of benzene rings is 2. The van der Waals surface area contributed by atoms with Crippen molar-refractivity contribution in [2.45, 2.75) is 25.3 Å². The molecule has 2 aromatic heterocycles. The van der Waals surface area contributed by atoms with E-state index in [4.69, 9.17) is 0 Å². The average molecular weight is 671 g/mol. The van der Waals surface area contributed by atoms with E-state index in [9.17, 15) is 13.6 Å². The monoisotopic (exact) mass is 671 g/mol. The van der Waals surface area contributed by atoms with Gasteiger partial charge in [-0.15, -0.1) is 0 Å². The van der Waals surface area contributed by atoms with Crippen molar-refractivity contribution in [2.75, 3.05) is 13.1 Å². The lowest BCUT2D eigenvalue weighted by Gasteiger charge is -2.32. The van der Waals surface area contributed by atoms with Gasteiger partial charge >= 0.3 is 0 Å². The molecule has 0 amide bonds. The Hall–Kier alpha value is -1.79. The van der Waals surface area contributed by atoms with Crippen LogP contribution in [0.2, 0.25) is 0 Å². The van der Waals surface area contributed by atoms with Crippen LogP contribution >= 0.6 is 45.2 Å². The molecule has 5 rings (SSSR count). The van der Waals surface area contributed by atoms with Crippen LogP contribution < -0.4 is 0 Å². The van der Waals surface area contributed by atoms with Crippen LogP contribution in [0.25, 0.3) is 21.8 Å². The summed E-state index contributed by atoms with van der Waals surface area (Å²) in [7, 11) is 0. The average Bonchev–Trinajstić information content (AvgIpc) is 2.78. The SMILES string of the molecule is FC1(F)CCCN(Cc2cccc3cc(I)cnc23)C1.O=Cc1cccc2cc(I)cnc12. The Morgan fingerprint density at radius 3 is 2.27 bits per heavy atom. The molecule has 1 aliphatic rings. The fourth-order valence-electron chi connectivity index (χ4n) is 4.00. The van der Waals surface area contributed by atoms with E-state index in [1.54, 1.807) is 12.3 Å². The minimum atomic E-state index is -2.55. The molecule has 1 saturated heterocycles. The van der Waals surface area contributed by atoms with Gasteiger partial charge in [-0.2, -0.15) is 0 Å². The van der Waals surface area contributed by atoms with E-state index in [2.05, 4.69) is 61.2 Å². The maximum atomic E-state index is 13.5. The van der Waals surface area contributed by atoms with E-state index < -0.39 is 5.92 Å². The number of nitrogens with zero attached hydrogens (tertiary/aromatic N) is 3. The van der Waals surface area contributed by atoms with E-state index in [1.807, 2.05) is 47.5 Å². The molecule has 3 heterocycles. The highest BCUT2D eigenvalue weighted by Gasteiger charge is 2.35. The number of pyridine rings is 2. The fraction of sp³-hybridized carbons (Fsp3) is 0.240. The first kappa shape index (κ1) is 24.3. The van der Waals surface area contributed by atoms with E-state index in [0.717, 1.165) is 47.3 Å². The molecule has 0 unspecified atom stereocenters. The lowest BCUT2D eigenvalue weighted by atomic mass is 10.0. The molecule has 0 atom stereocenters. The smallest absolute Gasteiger partial charge is 0.260 e. The summed E-state index contributed by atoms with van der Waals surface area (Å²) in [5.74, 6) is -2.55. The Morgan fingerprint density at radius 1 is 0.970 bits per heavy atom. The van der Waals surface area contributed by atoms with Crippen molar-refractivity contribution in [3.8, 4) is 0 Å². The fourth-order valence-corrected chi connectivity index (χ4v) is 4.95. The largest absolute Gasteiger partial charge is 0.298 e. The molecule has 1 aliphatic heterocycles. The van der Waals surface area contributed by atoms with Gasteiger partial charge in [-0.05, 0) is 81.9 Å². The zero-order chi connectivity index (χ0) is 23.4. The number of hydrogen-bond donors (Lipinski definition) is 0. The summed E-state index contributed by atoms with van der Waals surface area (Å²) < 4.78 is 29.1. The van der Waals surface area contributed by atoms with E-state index >= 15 is 0 Å². The number of para-hydroxylation sites is 2. The molecule has 2 aromatic carbocycles. The van der Waals surface area contributed by atoms with Crippen LogP contribution in [0.5, 0.6) is 0 Å². The van der Waals surface area contributed by atoms with Crippen molar-refractivity contribution >= 4 is 73.3 Å². The van der Waals surface area contributed by atoms with Crippen molar-refractivity contribution in [1.29, 1.82) is 0 Å². The molecule has 0 aliphatic carbocycles. The highest BCUT2D eigenvalue weighted by molar-refractivity contribution is 14.1. The molecular formula is C25H21F2I2N3O. The molecule has 0 radical (unpaired) electrons. The number of carbonyl (C=O) groups is 1. The lowest BCUT2D eigenvalue weighted by Crippen LogP contribution is -2.42. The second-order valence-corrected chi connectivity index (χ2v) is 10.5. The van der Waals surface area contributed by atoms with Crippen LogP contribution in [0.1, 0.15) is 28.8 Å². The third kappa shape index (κ3) is 6.21. The van der Waals surface area contributed by atoms with Crippen LogP contribution in [-0.2, 0) is 6.54 Å². The molecule has 0 saturated carbocycles. The predicted molar refractivity (Wildman–Crippen MR) is 144 cm³/mol. The molecule has 8 heteroatoms. The number of halogens is 4. The van der Waals surface area contributed by atoms with Crippen molar-refractivity contribution in [3.05, 3.63) is 79.2 Å². The summed E-state index contributed by atoms with van der Waals surface area (Å²) in [4.78, 5) is 21.2. The number of likely N-dealkylation sites (tertiary alicyclic amines) is 1. The molecule has 0 N–H and O–H groups in total. The topological polar surface area (TPSA) is 46.1 Å². The summed E-state index contributed by atoms with van der Waals surface area (Å²) in [5, 5.41) is 2.08. The molecule has 33 heavy (non-hydrogen) atoms. The van der Waals surface area contributed by atoms with E-state index in [1.165, 1.54) is 0 Å². The maximum absolute atomic E-state index is 13.5.